The molecule has 0 aliphatic carbocycles. The van der Waals surface area contributed by atoms with E-state index in [4.69, 9.17) is 9.26 Å². The van der Waals surface area contributed by atoms with Crippen LogP contribution in [0.4, 0.5) is 0 Å². The van der Waals surface area contributed by atoms with Crippen LogP contribution in [-0.4, -0.2) is 41.7 Å². The number of nitrogens with one attached hydrogen (secondary N) is 2. The Bertz CT molecular complexity index is 1230. The zero-order valence-electron chi connectivity index (χ0n) is 17.5. The summed E-state index contributed by atoms with van der Waals surface area (Å²) in [5.74, 6) is 0.0399. The fraction of sp³-hybridized carbons (Fsp3) is 0.167. The minimum atomic E-state index is -0.502. The first kappa shape index (κ1) is 21.0. The molecule has 0 aliphatic rings. The molecule has 0 bridgehead atoms. The quantitative estimate of drug-likeness (QED) is 0.416. The van der Waals surface area contributed by atoms with Crippen molar-refractivity contribution in [1.82, 2.24) is 20.8 Å². The Labute approximate surface area is 184 Å². The number of aromatic nitrogens is 2. The van der Waals surface area contributed by atoms with Gasteiger partial charge >= 0.3 is 11.8 Å². The van der Waals surface area contributed by atoms with E-state index in [0.29, 0.717) is 11.6 Å². The van der Waals surface area contributed by atoms with E-state index in [-0.39, 0.29) is 31.5 Å². The molecule has 0 atom stereocenters. The Morgan fingerprint density at radius 2 is 1.69 bits per heavy atom. The maximum atomic E-state index is 12.2. The zero-order chi connectivity index (χ0) is 22.3. The third kappa shape index (κ3) is 5.28. The van der Waals surface area contributed by atoms with Crippen molar-refractivity contribution in [3.8, 4) is 17.1 Å². The highest BCUT2D eigenvalue weighted by atomic mass is 16.5. The van der Waals surface area contributed by atoms with Crippen LogP contribution in [0.2, 0.25) is 0 Å². The molecule has 1 heterocycles. The molecule has 0 fully saturated rings. The van der Waals surface area contributed by atoms with Gasteiger partial charge in [0, 0.05) is 18.7 Å². The second-order valence-electron chi connectivity index (χ2n) is 7.19. The SMILES string of the molecule is Cc1ccc(-c2noc(C(=O)NCCNC(=O)COc3ccc4ccccc4c3)n2)cc1. The van der Waals surface area contributed by atoms with E-state index in [2.05, 4.69) is 20.8 Å². The van der Waals surface area contributed by atoms with E-state index in [9.17, 15) is 9.59 Å². The Morgan fingerprint density at radius 3 is 2.50 bits per heavy atom. The molecule has 0 unspecified atom stereocenters. The number of aryl methyl sites for hydroxylation is 1. The Hall–Kier alpha value is -4.20. The smallest absolute Gasteiger partial charge is 0.316 e. The van der Waals surface area contributed by atoms with Gasteiger partial charge in [-0.05, 0) is 29.8 Å². The van der Waals surface area contributed by atoms with E-state index in [0.717, 1.165) is 21.9 Å². The molecule has 4 rings (SSSR count). The van der Waals surface area contributed by atoms with Gasteiger partial charge in [0.05, 0.1) is 0 Å². The summed E-state index contributed by atoms with van der Waals surface area (Å²) in [6.45, 7) is 2.32. The maximum absolute atomic E-state index is 12.2. The van der Waals surface area contributed by atoms with Gasteiger partial charge in [0.15, 0.2) is 6.61 Å². The highest BCUT2D eigenvalue weighted by Crippen LogP contribution is 2.20. The highest BCUT2D eigenvalue weighted by Gasteiger charge is 2.15. The minimum absolute atomic E-state index is 0.115. The number of benzene rings is 3. The molecule has 0 aliphatic heterocycles. The van der Waals surface area contributed by atoms with Crippen LogP contribution in [0.5, 0.6) is 5.75 Å². The van der Waals surface area contributed by atoms with E-state index >= 15 is 0 Å². The summed E-state index contributed by atoms with van der Waals surface area (Å²) in [6, 6.07) is 21.1. The van der Waals surface area contributed by atoms with Crippen molar-refractivity contribution in [2.75, 3.05) is 19.7 Å². The van der Waals surface area contributed by atoms with Crippen LogP contribution in [0, 0.1) is 6.92 Å². The fourth-order valence-corrected chi connectivity index (χ4v) is 3.05. The number of fused-ring (bicyclic) bond motifs is 1. The summed E-state index contributed by atoms with van der Waals surface area (Å²) in [4.78, 5) is 28.3. The summed E-state index contributed by atoms with van der Waals surface area (Å²) < 4.78 is 10.6. The lowest BCUT2D eigenvalue weighted by Gasteiger charge is -2.08. The molecule has 0 saturated heterocycles. The molecule has 3 aromatic carbocycles. The van der Waals surface area contributed by atoms with Crippen LogP contribution in [-0.2, 0) is 4.79 Å². The normalized spacial score (nSPS) is 10.7. The van der Waals surface area contributed by atoms with Gasteiger partial charge in [-0.2, -0.15) is 4.98 Å². The first-order chi connectivity index (χ1) is 15.6. The lowest BCUT2D eigenvalue weighted by atomic mass is 10.1. The van der Waals surface area contributed by atoms with Crippen molar-refractivity contribution < 1.29 is 18.8 Å². The molecule has 4 aromatic rings. The van der Waals surface area contributed by atoms with Crippen LogP contribution in [0.25, 0.3) is 22.2 Å². The van der Waals surface area contributed by atoms with Gasteiger partial charge in [-0.1, -0.05) is 65.3 Å². The van der Waals surface area contributed by atoms with Crippen LogP contribution >= 0.6 is 0 Å². The van der Waals surface area contributed by atoms with E-state index in [1.54, 1.807) is 0 Å². The number of ether oxygens (including phenoxy) is 1. The molecule has 2 N–H and O–H groups in total. The van der Waals surface area contributed by atoms with Crippen molar-refractivity contribution >= 4 is 22.6 Å². The summed E-state index contributed by atoms with van der Waals surface area (Å²) in [5, 5.41) is 11.3. The van der Waals surface area contributed by atoms with E-state index < -0.39 is 5.91 Å². The summed E-state index contributed by atoms with van der Waals surface area (Å²) in [6.07, 6.45) is 0. The standard InChI is InChI=1S/C24H22N4O4/c1-16-6-8-18(9-7-16)22-27-24(32-28-22)23(30)26-13-12-25-21(29)15-31-20-11-10-17-4-2-3-5-19(17)14-20/h2-11,14H,12-13,15H2,1H3,(H,25,29)(H,26,30). The number of carbonyl (C=O) groups excluding carboxylic acids is 2. The number of nitrogens with zero attached hydrogens (tertiary/aromatic N) is 2. The molecular formula is C24H22N4O4. The summed E-state index contributed by atoms with van der Waals surface area (Å²) in [5.41, 5.74) is 1.87. The first-order valence-corrected chi connectivity index (χ1v) is 10.2. The van der Waals surface area contributed by atoms with Gasteiger partial charge in [-0.3, -0.25) is 9.59 Å². The fourth-order valence-electron chi connectivity index (χ4n) is 3.05. The predicted molar refractivity (Wildman–Crippen MR) is 119 cm³/mol. The van der Waals surface area contributed by atoms with Crippen molar-refractivity contribution in [1.29, 1.82) is 0 Å². The average molecular weight is 430 g/mol. The molecule has 0 radical (unpaired) electrons. The third-order valence-electron chi connectivity index (χ3n) is 4.75. The predicted octanol–water partition coefficient (Wildman–Crippen LogP) is 3.12. The molecule has 0 spiro atoms. The molecular weight excluding hydrogens is 408 g/mol. The number of rotatable bonds is 8. The first-order valence-electron chi connectivity index (χ1n) is 10.2. The largest absolute Gasteiger partial charge is 0.484 e. The third-order valence-corrected chi connectivity index (χ3v) is 4.75. The van der Waals surface area contributed by atoms with E-state index in [1.807, 2.05) is 73.7 Å². The van der Waals surface area contributed by atoms with Crippen LogP contribution in [0.3, 0.4) is 0 Å². The molecule has 8 heteroatoms. The van der Waals surface area contributed by atoms with Gasteiger partial charge in [0.2, 0.25) is 5.82 Å². The molecule has 2 amide bonds. The molecule has 8 nitrogen and oxygen atoms in total. The molecule has 32 heavy (non-hydrogen) atoms. The van der Waals surface area contributed by atoms with Gasteiger partial charge in [-0.15, -0.1) is 0 Å². The zero-order valence-corrected chi connectivity index (χ0v) is 17.5. The number of hydrogen-bond donors (Lipinski definition) is 2. The molecule has 0 saturated carbocycles. The highest BCUT2D eigenvalue weighted by molar-refractivity contribution is 5.90. The number of hydrogen-bond acceptors (Lipinski definition) is 6. The lowest BCUT2D eigenvalue weighted by Crippen LogP contribution is -2.36. The van der Waals surface area contributed by atoms with Crippen LogP contribution < -0.4 is 15.4 Å². The number of carbonyl (C=O) groups is 2. The van der Waals surface area contributed by atoms with Gasteiger partial charge in [0.1, 0.15) is 5.75 Å². The van der Waals surface area contributed by atoms with Crippen LogP contribution in [0.15, 0.2) is 71.3 Å². The maximum Gasteiger partial charge on any atom is 0.316 e. The van der Waals surface area contributed by atoms with Gasteiger partial charge in [-0.25, -0.2) is 0 Å². The van der Waals surface area contributed by atoms with Gasteiger partial charge < -0.3 is 19.9 Å². The van der Waals surface area contributed by atoms with Crippen molar-refractivity contribution in [3.63, 3.8) is 0 Å². The molecule has 162 valence electrons. The number of amides is 2. The Morgan fingerprint density at radius 1 is 0.938 bits per heavy atom. The second-order valence-corrected chi connectivity index (χ2v) is 7.19. The second kappa shape index (κ2) is 9.74. The van der Waals surface area contributed by atoms with Crippen LogP contribution in [0.1, 0.15) is 16.2 Å². The van der Waals surface area contributed by atoms with Crippen molar-refractivity contribution in [3.05, 3.63) is 78.2 Å². The van der Waals surface area contributed by atoms with Crippen molar-refractivity contribution in [2.45, 2.75) is 6.92 Å². The summed E-state index contributed by atoms with van der Waals surface area (Å²) >= 11 is 0. The summed E-state index contributed by atoms with van der Waals surface area (Å²) in [7, 11) is 0. The Balaban J connectivity index is 1.19. The van der Waals surface area contributed by atoms with E-state index in [1.165, 1.54) is 0 Å². The van der Waals surface area contributed by atoms with Gasteiger partial charge in [0.25, 0.3) is 5.91 Å². The molecule has 1 aromatic heterocycles. The minimum Gasteiger partial charge on any atom is -0.484 e. The topological polar surface area (TPSA) is 106 Å². The lowest BCUT2D eigenvalue weighted by molar-refractivity contribution is -0.123. The monoisotopic (exact) mass is 430 g/mol. The van der Waals surface area contributed by atoms with Crippen molar-refractivity contribution in [2.24, 2.45) is 0 Å². The average Bonchev–Trinajstić information content (AvgIpc) is 3.31. The Kier molecular flexibility index (Phi) is 6.41.